The number of carbonyl (C=O) groups excluding carboxylic acids is 3. The predicted octanol–water partition coefficient (Wildman–Crippen LogP) is 4.12. The summed E-state index contributed by atoms with van der Waals surface area (Å²) in [5.41, 5.74) is 3.22. The predicted molar refractivity (Wildman–Crippen MR) is 142 cm³/mol. The third kappa shape index (κ3) is 7.37. The van der Waals surface area contributed by atoms with Crippen LogP contribution >= 0.6 is 23.2 Å². The number of hydrogen-bond donors (Lipinski definition) is 2. The molecule has 0 saturated heterocycles. The minimum atomic E-state index is -0.656. The molecule has 0 bridgehead atoms. The quantitative estimate of drug-likeness (QED) is 0.166. The molecule has 0 atom stereocenters. The van der Waals surface area contributed by atoms with Crippen LogP contribution in [0.1, 0.15) is 26.3 Å². The minimum absolute atomic E-state index is 0.163. The molecule has 0 saturated carbocycles. The van der Waals surface area contributed by atoms with Gasteiger partial charge >= 0.3 is 5.97 Å². The fourth-order valence-corrected chi connectivity index (χ4v) is 3.65. The first kappa shape index (κ1) is 28.3. The Kier molecular flexibility index (Phi) is 9.92. The fourth-order valence-electron chi connectivity index (χ4n) is 3.17. The number of nitrogens with zero attached hydrogens (tertiary/aromatic N) is 1. The first-order chi connectivity index (χ1) is 18.2. The second kappa shape index (κ2) is 13.3. The van der Waals surface area contributed by atoms with Crippen molar-refractivity contribution in [3.05, 3.63) is 81.3 Å². The molecule has 0 spiro atoms. The molecule has 0 unspecified atom stereocenters. The Balaban J connectivity index is 1.55. The van der Waals surface area contributed by atoms with E-state index in [4.69, 9.17) is 42.1 Å². The number of nitrogens with one attached hydrogen (secondary N) is 2. The van der Waals surface area contributed by atoms with Crippen molar-refractivity contribution in [2.24, 2.45) is 5.10 Å². The molecule has 0 aromatic heterocycles. The second-order valence-corrected chi connectivity index (χ2v) is 8.32. The largest absolute Gasteiger partial charge is 0.493 e. The molecule has 38 heavy (non-hydrogen) atoms. The van der Waals surface area contributed by atoms with Crippen LogP contribution in [0.3, 0.4) is 0 Å². The average Bonchev–Trinajstić information content (AvgIpc) is 2.90. The molecule has 2 amide bonds. The number of carbonyl (C=O) groups is 3. The zero-order valence-electron chi connectivity index (χ0n) is 20.5. The van der Waals surface area contributed by atoms with E-state index >= 15 is 0 Å². The highest BCUT2D eigenvalue weighted by Crippen LogP contribution is 2.38. The molecule has 12 heteroatoms. The van der Waals surface area contributed by atoms with E-state index < -0.39 is 17.8 Å². The van der Waals surface area contributed by atoms with Crippen molar-refractivity contribution in [1.82, 2.24) is 10.7 Å². The normalized spacial score (nSPS) is 10.6. The van der Waals surface area contributed by atoms with Gasteiger partial charge in [-0.25, -0.2) is 10.2 Å². The summed E-state index contributed by atoms with van der Waals surface area (Å²) in [6, 6.07) is 13.8. The van der Waals surface area contributed by atoms with Crippen LogP contribution in [0.4, 0.5) is 0 Å². The maximum absolute atomic E-state index is 12.5. The molecule has 0 aliphatic rings. The van der Waals surface area contributed by atoms with E-state index in [0.29, 0.717) is 27.8 Å². The number of benzene rings is 3. The molecule has 10 nitrogen and oxygen atoms in total. The number of amides is 2. The van der Waals surface area contributed by atoms with Crippen LogP contribution < -0.4 is 29.7 Å². The van der Waals surface area contributed by atoms with Crippen LogP contribution in [0.25, 0.3) is 0 Å². The number of esters is 1. The summed E-state index contributed by atoms with van der Waals surface area (Å²) >= 11 is 11.9. The monoisotopic (exact) mass is 559 g/mol. The van der Waals surface area contributed by atoms with Crippen molar-refractivity contribution in [1.29, 1.82) is 0 Å². The van der Waals surface area contributed by atoms with E-state index in [1.807, 2.05) is 0 Å². The van der Waals surface area contributed by atoms with Crippen LogP contribution in [0.2, 0.25) is 10.0 Å². The maximum Gasteiger partial charge on any atom is 0.345 e. The summed E-state index contributed by atoms with van der Waals surface area (Å²) in [6.45, 7) is -0.341. The summed E-state index contributed by atoms with van der Waals surface area (Å²) < 4.78 is 21.0. The molecule has 0 heterocycles. The van der Waals surface area contributed by atoms with Crippen LogP contribution in [0.15, 0.2) is 59.7 Å². The number of halogens is 2. The Morgan fingerprint density at radius 1 is 0.921 bits per heavy atom. The molecule has 0 fully saturated rings. The van der Waals surface area contributed by atoms with Gasteiger partial charge in [0.25, 0.3) is 11.8 Å². The third-order valence-corrected chi connectivity index (χ3v) is 5.51. The molecular formula is C26H23Cl2N3O7. The van der Waals surface area contributed by atoms with Crippen LogP contribution in [-0.4, -0.2) is 51.9 Å². The van der Waals surface area contributed by atoms with Gasteiger partial charge in [-0.3, -0.25) is 9.59 Å². The number of hydrazone groups is 1. The molecule has 2 N–H and O–H groups in total. The highest BCUT2D eigenvalue weighted by molar-refractivity contribution is 6.36. The molecule has 3 rings (SSSR count). The van der Waals surface area contributed by atoms with Crippen molar-refractivity contribution in [2.45, 2.75) is 0 Å². The number of methoxy groups -OCH3 is 3. The number of rotatable bonds is 10. The molecule has 3 aromatic rings. The maximum atomic E-state index is 12.5. The molecule has 198 valence electrons. The Labute approximate surface area is 228 Å². The van der Waals surface area contributed by atoms with Gasteiger partial charge < -0.3 is 24.3 Å². The lowest BCUT2D eigenvalue weighted by Crippen LogP contribution is -2.34. The Hall–Kier alpha value is -4.28. The lowest BCUT2D eigenvalue weighted by Gasteiger charge is -2.14. The zero-order valence-corrected chi connectivity index (χ0v) is 22.1. The SMILES string of the molecule is COc1cc(C(=O)NCC(=O)N/N=C/c2cccc(OC(=O)c3ccc(Cl)cc3Cl)c2)cc(OC)c1OC. The number of hydrogen-bond acceptors (Lipinski definition) is 8. The average molecular weight is 560 g/mol. The van der Waals surface area contributed by atoms with E-state index in [-0.39, 0.29) is 28.4 Å². The van der Waals surface area contributed by atoms with Crippen molar-refractivity contribution in [2.75, 3.05) is 27.9 Å². The molecule has 3 aromatic carbocycles. The minimum Gasteiger partial charge on any atom is -0.493 e. The van der Waals surface area contributed by atoms with Gasteiger partial charge in [0, 0.05) is 10.6 Å². The van der Waals surface area contributed by atoms with Crippen LogP contribution in [-0.2, 0) is 4.79 Å². The highest BCUT2D eigenvalue weighted by Gasteiger charge is 2.17. The van der Waals surface area contributed by atoms with Crippen molar-refractivity contribution in [3.63, 3.8) is 0 Å². The highest BCUT2D eigenvalue weighted by atomic mass is 35.5. The lowest BCUT2D eigenvalue weighted by molar-refractivity contribution is -0.120. The second-order valence-electron chi connectivity index (χ2n) is 7.48. The van der Waals surface area contributed by atoms with E-state index in [2.05, 4.69) is 15.8 Å². The zero-order chi connectivity index (χ0) is 27.7. The molecular weight excluding hydrogens is 537 g/mol. The smallest absolute Gasteiger partial charge is 0.345 e. The summed E-state index contributed by atoms with van der Waals surface area (Å²) in [5.74, 6) is -0.566. The lowest BCUT2D eigenvalue weighted by atomic mass is 10.1. The summed E-state index contributed by atoms with van der Waals surface area (Å²) in [6.07, 6.45) is 1.35. The first-order valence-corrected chi connectivity index (χ1v) is 11.7. The van der Waals surface area contributed by atoms with Gasteiger partial charge in [0.2, 0.25) is 5.75 Å². The first-order valence-electron chi connectivity index (χ1n) is 10.9. The van der Waals surface area contributed by atoms with Crippen molar-refractivity contribution < 1.29 is 33.3 Å². The van der Waals surface area contributed by atoms with Gasteiger partial charge in [0.15, 0.2) is 11.5 Å². The Morgan fingerprint density at radius 2 is 1.63 bits per heavy atom. The molecule has 0 radical (unpaired) electrons. The Bertz CT molecular complexity index is 1350. The summed E-state index contributed by atoms with van der Waals surface area (Å²) in [4.78, 5) is 37.0. The van der Waals surface area contributed by atoms with Gasteiger partial charge in [-0.2, -0.15) is 5.10 Å². The van der Waals surface area contributed by atoms with Gasteiger partial charge in [-0.05, 0) is 48.0 Å². The Morgan fingerprint density at radius 3 is 2.26 bits per heavy atom. The fraction of sp³-hybridized carbons (Fsp3) is 0.154. The third-order valence-electron chi connectivity index (χ3n) is 4.96. The van der Waals surface area contributed by atoms with Crippen molar-refractivity contribution >= 4 is 47.2 Å². The van der Waals surface area contributed by atoms with Crippen molar-refractivity contribution in [3.8, 4) is 23.0 Å². The van der Waals surface area contributed by atoms with Gasteiger partial charge in [0.1, 0.15) is 5.75 Å². The van der Waals surface area contributed by atoms with Gasteiger partial charge in [-0.15, -0.1) is 0 Å². The topological polar surface area (TPSA) is 125 Å². The summed E-state index contributed by atoms with van der Waals surface area (Å²) in [7, 11) is 4.31. The number of ether oxygens (including phenoxy) is 4. The van der Waals surface area contributed by atoms with E-state index in [1.165, 1.54) is 57.9 Å². The van der Waals surface area contributed by atoms with E-state index in [1.54, 1.807) is 24.3 Å². The van der Waals surface area contributed by atoms with Gasteiger partial charge in [-0.1, -0.05) is 35.3 Å². The van der Waals surface area contributed by atoms with Crippen LogP contribution in [0, 0.1) is 0 Å². The standard InChI is InChI=1S/C26H23Cl2N3O7/c1-35-21-10-16(11-22(36-2)24(21)37-3)25(33)29-14-23(32)31-30-13-15-5-4-6-18(9-15)38-26(34)19-8-7-17(27)12-20(19)28/h4-13H,14H2,1-3H3,(H,29,33)(H,31,32)/b30-13+. The van der Waals surface area contributed by atoms with Crippen LogP contribution in [0.5, 0.6) is 23.0 Å². The molecule has 0 aliphatic carbocycles. The van der Waals surface area contributed by atoms with Gasteiger partial charge in [0.05, 0.1) is 44.7 Å². The van der Waals surface area contributed by atoms with E-state index in [9.17, 15) is 14.4 Å². The summed E-state index contributed by atoms with van der Waals surface area (Å²) in [5, 5.41) is 6.91. The van der Waals surface area contributed by atoms with E-state index in [0.717, 1.165) is 0 Å². The molecule has 0 aliphatic heterocycles.